The van der Waals surface area contributed by atoms with Gasteiger partial charge in [-0.1, -0.05) is 54.1 Å². The molecule has 0 aliphatic carbocycles. The molecular formula is C23H29ClN4O3S. The zero-order chi connectivity index (χ0) is 22.6. The number of nitrogens with zero attached hydrogens (tertiary/aromatic N) is 4. The van der Waals surface area contributed by atoms with Gasteiger partial charge in [-0.05, 0) is 17.7 Å². The standard InChI is InChI=1S/C23H29ClN4O3S/c24-21-8-4-5-9-22(21)32(30,31)28-16-14-27(15-17-28)23(29)19-26-12-10-25(11-13-26)18-20-6-2-1-3-7-20/h1-9H,10-19H2. The van der Waals surface area contributed by atoms with E-state index in [9.17, 15) is 13.2 Å². The molecule has 9 heteroatoms. The number of amides is 1. The largest absolute Gasteiger partial charge is 0.339 e. The molecule has 2 saturated heterocycles. The van der Waals surface area contributed by atoms with Crippen LogP contribution in [-0.2, 0) is 21.4 Å². The van der Waals surface area contributed by atoms with Gasteiger partial charge in [0, 0.05) is 58.9 Å². The number of piperazine rings is 2. The van der Waals surface area contributed by atoms with Crippen molar-refractivity contribution >= 4 is 27.5 Å². The van der Waals surface area contributed by atoms with Crippen molar-refractivity contribution in [3.8, 4) is 0 Å². The normalized spacial score (nSPS) is 19.2. The molecule has 4 rings (SSSR count). The van der Waals surface area contributed by atoms with E-state index in [1.807, 2.05) is 6.07 Å². The second-order valence-corrected chi connectivity index (χ2v) is 10.6. The zero-order valence-corrected chi connectivity index (χ0v) is 19.6. The van der Waals surface area contributed by atoms with Crippen molar-refractivity contribution in [2.45, 2.75) is 11.4 Å². The molecule has 0 atom stereocenters. The van der Waals surface area contributed by atoms with Crippen LogP contribution in [0.2, 0.25) is 5.02 Å². The molecule has 0 spiro atoms. The van der Waals surface area contributed by atoms with E-state index >= 15 is 0 Å². The number of halogens is 1. The minimum atomic E-state index is -3.65. The van der Waals surface area contributed by atoms with Gasteiger partial charge in [0.05, 0.1) is 11.6 Å². The van der Waals surface area contributed by atoms with Gasteiger partial charge >= 0.3 is 0 Å². The molecule has 2 aliphatic heterocycles. The lowest BCUT2D eigenvalue weighted by Crippen LogP contribution is -2.54. The Morgan fingerprint density at radius 3 is 2.03 bits per heavy atom. The first-order valence-corrected chi connectivity index (χ1v) is 12.8. The van der Waals surface area contributed by atoms with Crippen molar-refractivity contribution in [1.29, 1.82) is 0 Å². The number of carbonyl (C=O) groups is 1. The minimum absolute atomic E-state index is 0.0660. The molecule has 2 heterocycles. The molecule has 2 aromatic rings. The van der Waals surface area contributed by atoms with Crippen LogP contribution in [0, 0.1) is 0 Å². The number of carbonyl (C=O) groups excluding carboxylic acids is 1. The highest BCUT2D eigenvalue weighted by atomic mass is 35.5. The lowest BCUT2D eigenvalue weighted by atomic mass is 10.2. The summed E-state index contributed by atoms with van der Waals surface area (Å²) in [4.78, 5) is 19.3. The monoisotopic (exact) mass is 476 g/mol. The SMILES string of the molecule is O=C(CN1CCN(Cc2ccccc2)CC1)N1CCN(S(=O)(=O)c2ccccc2Cl)CC1. The summed E-state index contributed by atoms with van der Waals surface area (Å²) in [6.07, 6.45) is 0. The van der Waals surface area contributed by atoms with Gasteiger partial charge in [-0.2, -0.15) is 4.31 Å². The van der Waals surface area contributed by atoms with Crippen LogP contribution in [0.15, 0.2) is 59.5 Å². The van der Waals surface area contributed by atoms with Crippen LogP contribution in [0.1, 0.15) is 5.56 Å². The average molecular weight is 477 g/mol. The maximum atomic E-state index is 12.9. The molecule has 0 N–H and O–H groups in total. The quantitative estimate of drug-likeness (QED) is 0.638. The fourth-order valence-corrected chi connectivity index (χ4v) is 6.12. The molecule has 7 nitrogen and oxygen atoms in total. The summed E-state index contributed by atoms with van der Waals surface area (Å²) in [6, 6.07) is 16.9. The summed E-state index contributed by atoms with van der Waals surface area (Å²) in [5.74, 6) is 0.0660. The van der Waals surface area contributed by atoms with Crippen molar-refractivity contribution in [3.05, 3.63) is 65.2 Å². The average Bonchev–Trinajstić information content (AvgIpc) is 2.81. The first-order chi connectivity index (χ1) is 15.4. The fourth-order valence-electron chi connectivity index (χ4n) is 4.21. The highest BCUT2D eigenvalue weighted by Gasteiger charge is 2.32. The predicted molar refractivity (Wildman–Crippen MR) is 125 cm³/mol. The molecule has 0 radical (unpaired) electrons. The molecule has 2 aromatic carbocycles. The molecule has 0 unspecified atom stereocenters. The van der Waals surface area contributed by atoms with Crippen molar-refractivity contribution in [2.24, 2.45) is 0 Å². The summed E-state index contributed by atoms with van der Waals surface area (Å²) in [5.41, 5.74) is 1.31. The van der Waals surface area contributed by atoms with Crippen LogP contribution in [-0.4, -0.2) is 92.2 Å². The Balaban J connectivity index is 1.23. The molecular weight excluding hydrogens is 448 g/mol. The zero-order valence-electron chi connectivity index (χ0n) is 18.1. The number of hydrogen-bond acceptors (Lipinski definition) is 5. The third kappa shape index (κ3) is 5.50. The molecule has 0 aromatic heterocycles. The summed E-state index contributed by atoms with van der Waals surface area (Å²) in [6.45, 7) is 6.28. The van der Waals surface area contributed by atoms with Gasteiger partial charge in [-0.3, -0.25) is 14.6 Å². The maximum Gasteiger partial charge on any atom is 0.244 e. The van der Waals surface area contributed by atoms with Crippen LogP contribution < -0.4 is 0 Å². The summed E-state index contributed by atoms with van der Waals surface area (Å²) in [7, 11) is -3.65. The van der Waals surface area contributed by atoms with Gasteiger partial charge in [0.25, 0.3) is 0 Å². The third-order valence-corrected chi connectivity index (χ3v) is 8.52. The number of hydrogen-bond donors (Lipinski definition) is 0. The first kappa shape index (κ1) is 23.2. The first-order valence-electron chi connectivity index (χ1n) is 10.9. The van der Waals surface area contributed by atoms with Crippen molar-refractivity contribution in [2.75, 3.05) is 58.9 Å². The van der Waals surface area contributed by atoms with Crippen LogP contribution in [0.4, 0.5) is 0 Å². The second-order valence-electron chi connectivity index (χ2n) is 8.25. The van der Waals surface area contributed by atoms with Crippen LogP contribution in [0.25, 0.3) is 0 Å². The summed E-state index contributed by atoms with van der Waals surface area (Å²) >= 11 is 6.09. The molecule has 2 aliphatic rings. The van der Waals surface area contributed by atoms with Crippen LogP contribution in [0.3, 0.4) is 0 Å². The number of rotatable bonds is 6. The van der Waals surface area contributed by atoms with E-state index in [4.69, 9.17) is 11.6 Å². The molecule has 1 amide bonds. The predicted octanol–water partition coefficient (Wildman–Crippen LogP) is 1.99. The van der Waals surface area contributed by atoms with Crippen molar-refractivity contribution in [1.82, 2.24) is 19.0 Å². The van der Waals surface area contributed by atoms with Gasteiger partial charge in [0.2, 0.25) is 15.9 Å². The van der Waals surface area contributed by atoms with Crippen LogP contribution in [0.5, 0.6) is 0 Å². The van der Waals surface area contributed by atoms with E-state index in [1.54, 1.807) is 23.1 Å². The number of benzene rings is 2. The van der Waals surface area contributed by atoms with E-state index < -0.39 is 10.0 Å². The molecule has 0 saturated carbocycles. The van der Waals surface area contributed by atoms with E-state index in [1.165, 1.54) is 15.9 Å². The van der Waals surface area contributed by atoms with Gasteiger partial charge in [-0.15, -0.1) is 0 Å². The third-order valence-electron chi connectivity index (χ3n) is 6.12. The van der Waals surface area contributed by atoms with E-state index in [0.717, 1.165) is 32.7 Å². The Labute approximate surface area is 195 Å². The van der Waals surface area contributed by atoms with Gasteiger partial charge < -0.3 is 4.90 Å². The van der Waals surface area contributed by atoms with E-state index in [-0.39, 0.29) is 28.9 Å². The maximum absolute atomic E-state index is 12.9. The fraction of sp³-hybridized carbons (Fsp3) is 0.435. The highest BCUT2D eigenvalue weighted by molar-refractivity contribution is 7.89. The molecule has 0 bridgehead atoms. The Hall–Kier alpha value is -1.97. The second kappa shape index (κ2) is 10.3. The summed E-state index contributed by atoms with van der Waals surface area (Å²) in [5, 5.41) is 0.220. The van der Waals surface area contributed by atoms with Crippen LogP contribution >= 0.6 is 11.6 Å². The molecule has 2 fully saturated rings. The lowest BCUT2D eigenvalue weighted by Gasteiger charge is -2.37. The summed E-state index contributed by atoms with van der Waals surface area (Å²) < 4.78 is 27.2. The van der Waals surface area contributed by atoms with Gasteiger partial charge in [0.15, 0.2) is 0 Å². The molecule has 32 heavy (non-hydrogen) atoms. The topological polar surface area (TPSA) is 64.2 Å². The Kier molecular flexibility index (Phi) is 7.48. The Morgan fingerprint density at radius 2 is 1.38 bits per heavy atom. The van der Waals surface area contributed by atoms with Gasteiger partial charge in [0.1, 0.15) is 4.90 Å². The number of sulfonamides is 1. The van der Waals surface area contributed by atoms with E-state index in [0.29, 0.717) is 19.6 Å². The highest BCUT2D eigenvalue weighted by Crippen LogP contribution is 2.25. The minimum Gasteiger partial charge on any atom is -0.339 e. The Bertz CT molecular complexity index is 1020. The smallest absolute Gasteiger partial charge is 0.244 e. The molecule has 172 valence electrons. The van der Waals surface area contributed by atoms with E-state index in [2.05, 4.69) is 34.1 Å². The van der Waals surface area contributed by atoms with Crippen molar-refractivity contribution < 1.29 is 13.2 Å². The van der Waals surface area contributed by atoms with Crippen molar-refractivity contribution in [3.63, 3.8) is 0 Å². The Morgan fingerprint density at radius 1 is 0.781 bits per heavy atom. The van der Waals surface area contributed by atoms with Gasteiger partial charge in [-0.25, -0.2) is 8.42 Å². The lowest BCUT2D eigenvalue weighted by molar-refractivity contribution is -0.134.